The molecule has 2 N–H and O–H groups in total. The average Bonchev–Trinajstić information content (AvgIpc) is 2.80. The number of carbonyl (C=O) groups is 5. The monoisotopic (exact) mass is 532 g/mol. The summed E-state index contributed by atoms with van der Waals surface area (Å²) in [6, 6.07) is 7.45. The van der Waals surface area contributed by atoms with Gasteiger partial charge in [-0.2, -0.15) is 0 Å². The van der Waals surface area contributed by atoms with Crippen LogP contribution in [0.4, 0.5) is 10.5 Å². The van der Waals surface area contributed by atoms with Crippen molar-refractivity contribution in [2.24, 2.45) is 0 Å². The summed E-state index contributed by atoms with van der Waals surface area (Å²) in [5.41, 5.74) is 0.333. The first-order valence-electron chi connectivity index (χ1n) is 9.48. The third-order valence-electron chi connectivity index (χ3n) is 4.55. The maximum atomic E-state index is 13.1. The zero-order chi connectivity index (χ0) is 25.0. The predicted molar refractivity (Wildman–Crippen MR) is 121 cm³/mol. The minimum Gasteiger partial charge on any atom is -0.493 e. The Bertz CT molecular complexity index is 1220. The Morgan fingerprint density at radius 2 is 1.79 bits per heavy atom. The summed E-state index contributed by atoms with van der Waals surface area (Å²) >= 11 is 3.25. The quantitative estimate of drug-likeness (QED) is 0.311. The Balaban J connectivity index is 1.96. The van der Waals surface area contributed by atoms with Crippen molar-refractivity contribution in [1.29, 1.82) is 0 Å². The van der Waals surface area contributed by atoms with Crippen LogP contribution in [0.2, 0.25) is 0 Å². The van der Waals surface area contributed by atoms with Crippen molar-refractivity contribution < 1.29 is 43.3 Å². The van der Waals surface area contributed by atoms with Crippen LogP contribution < -0.4 is 19.7 Å². The number of anilines is 1. The first kappa shape index (κ1) is 24.5. The molecular formula is C22H17BrN2O9. The van der Waals surface area contributed by atoms with Gasteiger partial charge in [-0.3, -0.25) is 14.9 Å². The summed E-state index contributed by atoms with van der Waals surface area (Å²) in [7, 11) is 2.56. The number of hydrogen-bond acceptors (Lipinski definition) is 8. The number of rotatable bonds is 7. The predicted octanol–water partition coefficient (Wildman–Crippen LogP) is 2.37. The molecule has 0 spiro atoms. The number of ether oxygens (including phenoxy) is 3. The van der Waals surface area contributed by atoms with Crippen LogP contribution in [0.25, 0.3) is 6.08 Å². The average molecular weight is 533 g/mol. The van der Waals surface area contributed by atoms with E-state index in [2.05, 4.69) is 26.0 Å². The fraction of sp³-hybridized carbons (Fsp3) is 0.136. The van der Waals surface area contributed by atoms with Crippen LogP contribution in [0.3, 0.4) is 0 Å². The molecule has 2 aromatic carbocycles. The Labute approximate surface area is 201 Å². The van der Waals surface area contributed by atoms with Gasteiger partial charge in [0.25, 0.3) is 11.8 Å². The van der Waals surface area contributed by atoms with E-state index in [9.17, 15) is 24.0 Å². The number of imide groups is 2. The van der Waals surface area contributed by atoms with E-state index in [1.165, 1.54) is 56.7 Å². The van der Waals surface area contributed by atoms with E-state index in [1.807, 2.05) is 0 Å². The number of esters is 1. The molecule has 0 saturated carbocycles. The van der Waals surface area contributed by atoms with E-state index < -0.39 is 36.4 Å². The molecule has 2 aromatic rings. The minimum atomic E-state index is -1.19. The van der Waals surface area contributed by atoms with Crippen LogP contribution in [0, 0.1) is 0 Å². The molecule has 1 fully saturated rings. The van der Waals surface area contributed by atoms with E-state index in [-0.39, 0.29) is 28.3 Å². The smallest absolute Gasteiger partial charge is 0.341 e. The molecule has 1 aliphatic heterocycles. The number of halogens is 1. The SMILES string of the molecule is COC(=O)c1ccc(N2C(=O)NC(=O)/C(=C\c3cc(Br)c(OCC(=O)O)c(OC)c3)C2=O)cc1. The number of aliphatic carboxylic acids is 1. The largest absolute Gasteiger partial charge is 0.493 e. The number of hydrogen-bond donors (Lipinski definition) is 2. The van der Waals surface area contributed by atoms with E-state index in [4.69, 9.17) is 14.6 Å². The maximum absolute atomic E-state index is 13.1. The lowest BCUT2D eigenvalue weighted by Crippen LogP contribution is -2.54. The van der Waals surface area contributed by atoms with Gasteiger partial charge in [-0.1, -0.05) is 0 Å². The molecule has 12 heteroatoms. The number of urea groups is 1. The molecule has 0 unspecified atom stereocenters. The summed E-state index contributed by atoms with van der Waals surface area (Å²) in [5, 5.41) is 10.9. The summed E-state index contributed by atoms with van der Waals surface area (Å²) in [5.74, 6) is -3.30. The first-order valence-corrected chi connectivity index (χ1v) is 10.3. The van der Waals surface area contributed by atoms with Gasteiger partial charge in [0.15, 0.2) is 18.1 Å². The van der Waals surface area contributed by atoms with Crippen molar-refractivity contribution in [2.45, 2.75) is 0 Å². The molecule has 0 aliphatic carbocycles. The van der Waals surface area contributed by atoms with Gasteiger partial charge in [-0.25, -0.2) is 19.3 Å². The molecular weight excluding hydrogens is 516 g/mol. The molecule has 11 nitrogen and oxygen atoms in total. The first-order chi connectivity index (χ1) is 16.2. The van der Waals surface area contributed by atoms with Gasteiger partial charge >= 0.3 is 18.0 Å². The van der Waals surface area contributed by atoms with Crippen LogP contribution in [-0.4, -0.2) is 55.7 Å². The highest BCUT2D eigenvalue weighted by Gasteiger charge is 2.37. The molecule has 0 bridgehead atoms. The summed E-state index contributed by atoms with van der Waals surface area (Å²) in [4.78, 5) is 61.0. The Morgan fingerprint density at radius 1 is 1.12 bits per heavy atom. The normalized spacial score (nSPS) is 14.6. The lowest BCUT2D eigenvalue weighted by atomic mass is 10.1. The minimum absolute atomic E-state index is 0.119. The number of nitrogens with one attached hydrogen (secondary N) is 1. The van der Waals surface area contributed by atoms with Crippen LogP contribution in [-0.2, 0) is 19.1 Å². The van der Waals surface area contributed by atoms with Crippen molar-refractivity contribution in [2.75, 3.05) is 25.7 Å². The Morgan fingerprint density at radius 3 is 2.38 bits per heavy atom. The molecule has 1 aliphatic rings. The number of barbiturate groups is 1. The van der Waals surface area contributed by atoms with Crippen molar-refractivity contribution in [3.8, 4) is 11.5 Å². The second-order valence-corrected chi connectivity index (χ2v) is 7.57. The summed E-state index contributed by atoms with van der Waals surface area (Å²) in [6.45, 7) is -0.609. The third kappa shape index (κ3) is 5.07. The topological polar surface area (TPSA) is 149 Å². The van der Waals surface area contributed by atoms with Crippen LogP contribution in [0.5, 0.6) is 11.5 Å². The van der Waals surface area contributed by atoms with Gasteiger partial charge in [0.2, 0.25) is 0 Å². The lowest BCUT2D eigenvalue weighted by molar-refractivity contribution is -0.139. The number of carbonyl (C=O) groups excluding carboxylic acids is 4. The maximum Gasteiger partial charge on any atom is 0.341 e. The van der Waals surface area contributed by atoms with E-state index in [1.54, 1.807) is 0 Å². The van der Waals surface area contributed by atoms with Crippen molar-refractivity contribution in [3.63, 3.8) is 0 Å². The zero-order valence-corrected chi connectivity index (χ0v) is 19.4. The highest BCUT2D eigenvalue weighted by Crippen LogP contribution is 2.37. The number of benzene rings is 2. The summed E-state index contributed by atoms with van der Waals surface area (Å²) < 4.78 is 15.4. The van der Waals surface area contributed by atoms with Gasteiger partial charge in [0.1, 0.15) is 5.57 Å². The molecule has 0 radical (unpaired) electrons. The number of nitrogens with zero attached hydrogens (tertiary/aromatic N) is 1. The molecule has 1 heterocycles. The molecule has 4 amide bonds. The molecule has 34 heavy (non-hydrogen) atoms. The fourth-order valence-electron chi connectivity index (χ4n) is 3.02. The number of methoxy groups -OCH3 is 2. The van der Waals surface area contributed by atoms with Gasteiger partial charge < -0.3 is 19.3 Å². The van der Waals surface area contributed by atoms with Gasteiger partial charge in [0, 0.05) is 0 Å². The van der Waals surface area contributed by atoms with Gasteiger partial charge in [-0.15, -0.1) is 0 Å². The van der Waals surface area contributed by atoms with Gasteiger partial charge in [-0.05, 0) is 64.0 Å². The number of carboxylic acids is 1. The highest BCUT2D eigenvalue weighted by molar-refractivity contribution is 9.10. The van der Waals surface area contributed by atoms with Crippen LogP contribution in [0.15, 0.2) is 46.4 Å². The fourth-order valence-corrected chi connectivity index (χ4v) is 3.59. The van der Waals surface area contributed by atoms with Gasteiger partial charge in [0.05, 0.1) is 29.9 Å². The second kappa shape index (κ2) is 10.2. The van der Waals surface area contributed by atoms with Crippen LogP contribution >= 0.6 is 15.9 Å². The number of carboxylic acid groups (broad SMARTS) is 1. The lowest BCUT2D eigenvalue weighted by Gasteiger charge is -2.26. The van der Waals surface area contributed by atoms with Crippen molar-refractivity contribution >= 4 is 57.5 Å². The van der Waals surface area contributed by atoms with E-state index in [0.717, 1.165) is 4.90 Å². The third-order valence-corrected chi connectivity index (χ3v) is 5.14. The van der Waals surface area contributed by atoms with Crippen molar-refractivity contribution in [1.82, 2.24) is 5.32 Å². The molecule has 0 atom stereocenters. The zero-order valence-electron chi connectivity index (χ0n) is 17.8. The molecule has 1 saturated heterocycles. The van der Waals surface area contributed by atoms with E-state index in [0.29, 0.717) is 10.0 Å². The molecule has 0 aromatic heterocycles. The summed E-state index contributed by atoms with van der Waals surface area (Å²) in [6.07, 6.45) is 1.24. The standard InChI is InChI=1S/C22H17BrN2O9/c1-32-16-9-11(8-15(23)18(16)34-10-17(26)27)7-14-19(28)24-22(31)25(20(14)29)13-5-3-12(4-6-13)21(30)33-2/h3-9H,10H2,1-2H3,(H,26,27)(H,24,28,31)/b14-7+. The van der Waals surface area contributed by atoms with Crippen molar-refractivity contribution in [3.05, 3.63) is 57.6 Å². The molecule has 3 rings (SSSR count). The number of amides is 4. The second-order valence-electron chi connectivity index (χ2n) is 6.71. The Hall–Kier alpha value is -4.19. The van der Waals surface area contributed by atoms with E-state index >= 15 is 0 Å². The Kier molecular flexibility index (Phi) is 7.31. The van der Waals surface area contributed by atoms with Crippen LogP contribution in [0.1, 0.15) is 15.9 Å². The molecule has 176 valence electrons. The highest BCUT2D eigenvalue weighted by atomic mass is 79.9.